The first-order chi connectivity index (χ1) is 19.3. The zero-order valence-electron chi connectivity index (χ0n) is 24.5. The number of para-hydroxylation sites is 1. The van der Waals surface area contributed by atoms with Crippen molar-refractivity contribution in [2.75, 3.05) is 0 Å². The molecule has 174 valence electrons. The van der Waals surface area contributed by atoms with Gasteiger partial charge in [-0.1, -0.05) is 0 Å². The second-order valence-electron chi connectivity index (χ2n) is 10.9. The Balaban J connectivity index is 1.39. The predicted molar refractivity (Wildman–Crippen MR) is 155 cm³/mol. The standard InChI is InChI=1S/C33H28BNSe/c1-33(2)24-12-5-6-14-26(24)34-27-19-18-21(20-31(27)36-30-17-9-13-25(33)32(30)34)35-28-15-7-3-10-22(28)23-11-4-8-16-29(23)35/h3,5-7,9-10,12-15,17-20H,4,8,11,16H2,1-2H3/i3D,7D,10D,15D. The Morgan fingerprint density at radius 1 is 0.861 bits per heavy atom. The monoisotopic (exact) mass is 533 g/mol. The minimum absolute atomic E-state index is 0.0434. The van der Waals surface area contributed by atoms with Crippen LogP contribution in [-0.4, -0.2) is 26.2 Å². The van der Waals surface area contributed by atoms with Crippen molar-refractivity contribution in [1.82, 2.24) is 4.57 Å². The van der Waals surface area contributed by atoms with Crippen LogP contribution in [0.1, 0.15) is 54.6 Å². The first kappa shape index (κ1) is 17.5. The normalized spacial score (nSPS) is 18.3. The van der Waals surface area contributed by atoms with Gasteiger partial charge >= 0.3 is 226 Å². The predicted octanol–water partition coefficient (Wildman–Crippen LogP) is 3.63. The van der Waals surface area contributed by atoms with Crippen LogP contribution >= 0.6 is 0 Å². The van der Waals surface area contributed by atoms with E-state index in [1.165, 1.54) is 36.4 Å². The van der Waals surface area contributed by atoms with E-state index in [1.807, 2.05) is 0 Å². The molecule has 0 N–H and O–H groups in total. The summed E-state index contributed by atoms with van der Waals surface area (Å²) in [6, 6.07) is 22.5. The van der Waals surface area contributed by atoms with E-state index in [1.54, 1.807) is 0 Å². The van der Waals surface area contributed by atoms with Gasteiger partial charge < -0.3 is 0 Å². The van der Waals surface area contributed by atoms with Crippen LogP contribution in [0.4, 0.5) is 0 Å². The summed E-state index contributed by atoms with van der Waals surface area (Å²) < 4.78 is 39.4. The summed E-state index contributed by atoms with van der Waals surface area (Å²) in [5, 5.41) is 0.711. The fourth-order valence-electron chi connectivity index (χ4n) is 7.04. The van der Waals surface area contributed by atoms with E-state index in [-0.39, 0.29) is 51.3 Å². The molecule has 0 bridgehead atoms. The number of benzene rings is 4. The molecular formula is C33H28BNSe. The Kier molecular flexibility index (Phi) is 3.64. The van der Waals surface area contributed by atoms with E-state index in [2.05, 4.69) is 79.1 Å². The molecule has 3 aliphatic rings. The van der Waals surface area contributed by atoms with Crippen molar-refractivity contribution in [3.8, 4) is 5.69 Å². The molecule has 1 nitrogen and oxygen atoms in total. The molecule has 0 atom stereocenters. The average molecular weight is 532 g/mol. The molecular weight excluding hydrogens is 500 g/mol. The topological polar surface area (TPSA) is 4.93 Å². The van der Waals surface area contributed by atoms with Gasteiger partial charge in [0.1, 0.15) is 0 Å². The maximum atomic E-state index is 8.89. The maximum absolute atomic E-state index is 8.89. The molecule has 0 spiro atoms. The number of aryl methyl sites for hydroxylation is 1. The van der Waals surface area contributed by atoms with Crippen LogP contribution in [0.3, 0.4) is 0 Å². The van der Waals surface area contributed by atoms with Gasteiger partial charge in [-0.2, -0.15) is 0 Å². The molecule has 0 amide bonds. The molecule has 36 heavy (non-hydrogen) atoms. The molecule has 3 heterocycles. The van der Waals surface area contributed by atoms with Gasteiger partial charge in [0.2, 0.25) is 0 Å². The van der Waals surface area contributed by atoms with Crippen molar-refractivity contribution in [2.24, 2.45) is 0 Å². The molecule has 2 aliphatic heterocycles. The molecule has 1 aliphatic carbocycles. The Morgan fingerprint density at radius 2 is 1.69 bits per heavy atom. The summed E-state index contributed by atoms with van der Waals surface area (Å²) in [5.41, 5.74) is 11.0. The zero-order chi connectivity index (χ0) is 27.5. The summed E-state index contributed by atoms with van der Waals surface area (Å²) in [6.07, 6.45) is 3.88. The number of fused-ring (bicyclic) bond motifs is 7. The van der Waals surface area contributed by atoms with E-state index < -0.39 is 0 Å². The number of hydrogen-bond donors (Lipinski definition) is 0. The van der Waals surface area contributed by atoms with Crippen molar-refractivity contribution in [3.63, 3.8) is 0 Å². The van der Waals surface area contributed by atoms with Crippen molar-refractivity contribution in [3.05, 3.63) is 107 Å². The van der Waals surface area contributed by atoms with E-state index in [0.29, 0.717) is 10.9 Å². The van der Waals surface area contributed by atoms with Gasteiger partial charge in [0.15, 0.2) is 0 Å². The molecule has 0 radical (unpaired) electrons. The third-order valence-corrected chi connectivity index (χ3v) is 11.1. The molecule has 1 aromatic heterocycles. The van der Waals surface area contributed by atoms with Crippen LogP contribution in [-0.2, 0) is 18.3 Å². The number of nitrogens with zero attached hydrogens (tertiary/aromatic N) is 1. The fourth-order valence-corrected chi connectivity index (χ4v) is 9.57. The third kappa shape index (κ3) is 2.74. The summed E-state index contributed by atoms with van der Waals surface area (Å²) in [4.78, 5) is 0. The number of rotatable bonds is 1. The zero-order valence-corrected chi connectivity index (χ0v) is 22.2. The molecule has 0 saturated carbocycles. The second-order valence-corrected chi connectivity index (χ2v) is 13.2. The van der Waals surface area contributed by atoms with Crippen molar-refractivity contribution in [2.45, 2.75) is 44.9 Å². The third-order valence-electron chi connectivity index (χ3n) is 8.66. The summed E-state index contributed by atoms with van der Waals surface area (Å²) >= 11 is 0.137. The Labute approximate surface area is 225 Å². The molecule has 0 saturated heterocycles. The van der Waals surface area contributed by atoms with Crippen molar-refractivity contribution >= 4 is 57.9 Å². The van der Waals surface area contributed by atoms with Crippen LogP contribution in [0, 0.1) is 0 Å². The molecule has 4 aromatic carbocycles. The van der Waals surface area contributed by atoms with Gasteiger partial charge in [0, 0.05) is 0 Å². The molecule has 0 unspecified atom stereocenters. The van der Waals surface area contributed by atoms with Gasteiger partial charge in [0.05, 0.1) is 0 Å². The molecule has 0 fully saturated rings. The second kappa shape index (κ2) is 7.51. The minimum atomic E-state index is -0.154. The van der Waals surface area contributed by atoms with E-state index in [9.17, 15) is 0 Å². The van der Waals surface area contributed by atoms with Gasteiger partial charge in [0.25, 0.3) is 0 Å². The molecule has 5 aromatic rings. The molecule has 8 rings (SSSR count). The first-order valence-electron chi connectivity index (χ1n) is 15.0. The van der Waals surface area contributed by atoms with Gasteiger partial charge in [-0.15, -0.1) is 0 Å². The Hall–Kier alpha value is -3.00. The van der Waals surface area contributed by atoms with E-state index >= 15 is 0 Å². The van der Waals surface area contributed by atoms with Crippen LogP contribution < -0.4 is 25.3 Å². The first-order valence-corrected chi connectivity index (χ1v) is 14.7. The summed E-state index contributed by atoms with van der Waals surface area (Å²) in [7, 11) is 0. The summed E-state index contributed by atoms with van der Waals surface area (Å²) in [5.74, 6) is 0. The van der Waals surface area contributed by atoms with Crippen LogP contribution in [0.15, 0.2) is 84.8 Å². The van der Waals surface area contributed by atoms with Gasteiger partial charge in [-0.3, -0.25) is 0 Å². The van der Waals surface area contributed by atoms with Crippen LogP contribution in [0.5, 0.6) is 0 Å². The Morgan fingerprint density at radius 3 is 2.64 bits per heavy atom. The number of hydrogen-bond acceptors (Lipinski definition) is 0. The average Bonchev–Trinajstić information content (AvgIpc) is 3.32. The quantitative estimate of drug-likeness (QED) is 0.285. The number of aromatic nitrogens is 1. The van der Waals surface area contributed by atoms with E-state index in [4.69, 9.17) is 5.48 Å². The Bertz CT molecular complexity index is 1920. The fraction of sp³-hybridized carbons (Fsp3) is 0.212. The van der Waals surface area contributed by atoms with E-state index in [0.717, 1.165) is 42.6 Å². The van der Waals surface area contributed by atoms with Crippen molar-refractivity contribution < 1.29 is 5.48 Å². The van der Waals surface area contributed by atoms with Crippen LogP contribution in [0.2, 0.25) is 0 Å². The van der Waals surface area contributed by atoms with Gasteiger partial charge in [-0.05, 0) is 0 Å². The van der Waals surface area contributed by atoms with Crippen molar-refractivity contribution in [1.29, 1.82) is 0 Å². The summed E-state index contributed by atoms with van der Waals surface area (Å²) in [6.45, 7) is 4.92. The van der Waals surface area contributed by atoms with Gasteiger partial charge in [-0.25, -0.2) is 0 Å². The SMILES string of the molecule is [2H]c1c([2H])c([2H])c2c(c1[2H])c1c(n2-c2ccc3c(c2)[Se]c2cccc4c2B3c2ccccc2C4(C)C)CCCC1. The molecule has 3 heteroatoms. The van der Waals surface area contributed by atoms with Crippen LogP contribution in [0.25, 0.3) is 16.6 Å².